The average Bonchev–Trinajstić information content (AvgIpc) is 2.45. The van der Waals surface area contributed by atoms with E-state index in [9.17, 15) is 4.79 Å². The molecule has 2 aromatic rings. The van der Waals surface area contributed by atoms with Gasteiger partial charge >= 0.3 is 5.97 Å². The van der Waals surface area contributed by atoms with Crippen molar-refractivity contribution >= 4 is 28.6 Å². The molecule has 0 aromatic heterocycles. The molecule has 0 bridgehead atoms. The van der Waals surface area contributed by atoms with Crippen LogP contribution in [0.15, 0.2) is 48.5 Å². The fourth-order valence-corrected chi connectivity index (χ4v) is 1.98. The van der Waals surface area contributed by atoms with Crippen LogP contribution in [0.4, 0.5) is 0 Å². The molecule has 0 spiro atoms. The van der Waals surface area contributed by atoms with Gasteiger partial charge in [-0.1, -0.05) is 13.0 Å². The van der Waals surface area contributed by atoms with Crippen LogP contribution in [0.3, 0.4) is 0 Å². The fraction of sp³-hybridized carbons (Fsp3) is 0.0667. The van der Waals surface area contributed by atoms with Crippen LogP contribution in [0.2, 0.25) is 0 Å². The topological polar surface area (TPSA) is 64.3 Å². The molecule has 2 rings (SSSR count). The monoisotopic (exact) mass is 381 g/mol. The third kappa shape index (κ3) is 3.96. The molecular weight excluding hydrogens is 367 g/mol. The van der Waals surface area contributed by atoms with Gasteiger partial charge in [-0.2, -0.15) is 23.2 Å². The van der Waals surface area contributed by atoms with Crippen molar-refractivity contribution in [3.63, 3.8) is 0 Å². The minimum absolute atomic E-state index is 0.299. The summed E-state index contributed by atoms with van der Waals surface area (Å²) >= 11 is 2.17. The number of nitrogens with one attached hydrogen (secondary N) is 1. The predicted octanol–water partition coefficient (Wildman–Crippen LogP) is 2.76. The summed E-state index contributed by atoms with van der Waals surface area (Å²) in [5.41, 5.74) is 10.6. The summed E-state index contributed by atoms with van der Waals surface area (Å²) < 4.78 is 1.05. The summed E-state index contributed by atoms with van der Waals surface area (Å²) in [6.07, 6.45) is 0.299. The molecule has 2 aromatic carbocycles. The molecular formula is C15H14IN2O2-. The predicted molar refractivity (Wildman–Crippen MR) is 85.4 cm³/mol. The zero-order valence-corrected chi connectivity index (χ0v) is 13.0. The molecule has 0 saturated heterocycles. The van der Waals surface area contributed by atoms with Crippen molar-refractivity contribution < 1.29 is 9.63 Å². The summed E-state index contributed by atoms with van der Waals surface area (Å²) in [4.78, 5) is 16.8. The highest BCUT2D eigenvalue weighted by Gasteiger charge is 2.07. The SMILES string of the molecule is Cc1cccc([C-](N)NOC(=O)c2ccc(I)cc2)c1. The highest BCUT2D eigenvalue weighted by molar-refractivity contribution is 14.1. The van der Waals surface area contributed by atoms with Crippen molar-refractivity contribution in [2.75, 3.05) is 0 Å². The number of carbonyl (C=O) groups excluding carboxylic acids is 1. The van der Waals surface area contributed by atoms with E-state index < -0.39 is 5.97 Å². The lowest BCUT2D eigenvalue weighted by Gasteiger charge is -2.21. The Morgan fingerprint density at radius 1 is 1.25 bits per heavy atom. The Hall–Kier alpha value is -1.57. The molecule has 5 heteroatoms. The Morgan fingerprint density at radius 3 is 2.60 bits per heavy atom. The van der Waals surface area contributed by atoms with Gasteiger partial charge in [-0.05, 0) is 53.0 Å². The molecule has 0 heterocycles. The fourth-order valence-electron chi connectivity index (χ4n) is 1.62. The molecule has 0 atom stereocenters. The Labute approximate surface area is 131 Å². The first-order chi connectivity index (χ1) is 9.56. The maximum absolute atomic E-state index is 11.8. The quantitative estimate of drug-likeness (QED) is 0.486. The number of benzene rings is 2. The lowest BCUT2D eigenvalue weighted by Crippen LogP contribution is -2.32. The number of carbonyl (C=O) groups is 1. The van der Waals surface area contributed by atoms with Gasteiger partial charge in [-0.3, -0.25) is 0 Å². The molecule has 0 saturated carbocycles. The molecule has 20 heavy (non-hydrogen) atoms. The Kier molecular flexibility index (Phi) is 4.99. The second kappa shape index (κ2) is 6.74. The molecule has 3 N–H and O–H groups in total. The molecule has 0 unspecified atom stereocenters. The molecule has 104 valence electrons. The number of hydroxylamine groups is 1. The first kappa shape index (κ1) is 14.8. The third-order valence-corrected chi connectivity index (χ3v) is 3.38. The molecule has 0 radical (unpaired) electrons. The van der Waals surface area contributed by atoms with Crippen LogP contribution in [0.1, 0.15) is 21.5 Å². The number of nitrogens with two attached hydrogens (primary N) is 1. The van der Waals surface area contributed by atoms with E-state index in [0.717, 1.165) is 14.7 Å². The number of hydrogen-bond acceptors (Lipinski definition) is 4. The van der Waals surface area contributed by atoms with E-state index in [1.807, 2.05) is 43.3 Å². The van der Waals surface area contributed by atoms with E-state index in [1.165, 1.54) is 0 Å². The molecule has 0 aliphatic heterocycles. The van der Waals surface area contributed by atoms with E-state index >= 15 is 0 Å². The summed E-state index contributed by atoms with van der Waals surface area (Å²) in [5.74, 6) is -0.475. The standard InChI is InChI=1S/C15H14IN2O2/c1-10-3-2-4-12(9-10)14(17)18-20-15(19)11-5-7-13(16)8-6-11/h2-9,18H,17H2,1H3/q-1. The average molecular weight is 381 g/mol. The zero-order valence-electron chi connectivity index (χ0n) is 10.9. The second-order valence-electron chi connectivity index (χ2n) is 4.28. The van der Waals surface area contributed by atoms with Crippen LogP contribution in [0.5, 0.6) is 0 Å². The van der Waals surface area contributed by atoms with Crippen molar-refractivity contribution in [1.82, 2.24) is 5.48 Å². The van der Waals surface area contributed by atoms with E-state index in [0.29, 0.717) is 11.7 Å². The smallest absolute Gasteiger partial charge is 0.356 e. The van der Waals surface area contributed by atoms with Crippen molar-refractivity contribution in [2.24, 2.45) is 5.73 Å². The van der Waals surface area contributed by atoms with Gasteiger partial charge in [0, 0.05) is 3.57 Å². The normalized spacial score (nSPS) is 10.2. The summed E-state index contributed by atoms with van der Waals surface area (Å²) in [6, 6.07) is 14.7. The maximum atomic E-state index is 11.8. The molecule has 4 nitrogen and oxygen atoms in total. The van der Waals surface area contributed by atoms with Gasteiger partial charge in [-0.15, -0.1) is 11.6 Å². The summed E-state index contributed by atoms with van der Waals surface area (Å²) in [6.45, 7) is 1.97. The van der Waals surface area contributed by atoms with Gasteiger partial charge in [0.15, 0.2) is 0 Å². The number of rotatable bonds is 4. The Balaban J connectivity index is 1.94. The van der Waals surface area contributed by atoms with Gasteiger partial charge in [0.1, 0.15) is 0 Å². The highest BCUT2D eigenvalue weighted by atomic mass is 127. The number of halogens is 1. The van der Waals surface area contributed by atoms with Crippen molar-refractivity contribution in [3.05, 3.63) is 75.0 Å². The van der Waals surface area contributed by atoms with Crippen LogP contribution in [0, 0.1) is 16.7 Å². The lowest BCUT2D eigenvalue weighted by molar-refractivity contribution is 0.0280. The summed E-state index contributed by atoms with van der Waals surface area (Å²) in [5, 5.41) is 0. The van der Waals surface area contributed by atoms with Crippen molar-refractivity contribution in [3.8, 4) is 0 Å². The van der Waals surface area contributed by atoms with Crippen molar-refractivity contribution in [1.29, 1.82) is 0 Å². The van der Waals surface area contributed by atoms with Crippen LogP contribution in [0.25, 0.3) is 0 Å². The van der Waals surface area contributed by atoms with E-state index in [-0.39, 0.29) is 0 Å². The lowest BCUT2D eigenvalue weighted by atomic mass is 10.1. The van der Waals surface area contributed by atoms with Crippen LogP contribution < -0.4 is 11.2 Å². The number of hydrogen-bond donors (Lipinski definition) is 2. The minimum Gasteiger partial charge on any atom is -0.373 e. The summed E-state index contributed by atoms with van der Waals surface area (Å²) in [7, 11) is 0. The first-order valence-corrected chi connectivity index (χ1v) is 7.06. The van der Waals surface area contributed by atoms with E-state index in [4.69, 9.17) is 10.6 Å². The molecule has 0 fully saturated rings. The van der Waals surface area contributed by atoms with Gasteiger partial charge in [-0.25, -0.2) is 4.79 Å². The molecule has 0 aliphatic carbocycles. The van der Waals surface area contributed by atoms with Gasteiger partial charge in [0.2, 0.25) is 0 Å². The van der Waals surface area contributed by atoms with Crippen molar-refractivity contribution in [2.45, 2.75) is 6.92 Å². The van der Waals surface area contributed by atoms with Crippen LogP contribution >= 0.6 is 22.6 Å². The third-order valence-electron chi connectivity index (χ3n) is 2.66. The van der Waals surface area contributed by atoms with Gasteiger partial charge < -0.3 is 10.6 Å². The number of aryl methyl sites for hydroxylation is 1. The van der Waals surface area contributed by atoms with Gasteiger partial charge in [0.25, 0.3) is 0 Å². The zero-order chi connectivity index (χ0) is 14.5. The maximum Gasteiger partial charge on any atom is 0.356 e. The van der Waals surface area contributed by atoms with E-state index in [1.54, 1.807) is 12.1 Å². The minimum atomic E-state index is -0.475. The molecule has 0 amide bonds. The largest absolute Gasteiger partial charge is 0.373 e. The van der Waals surface area contributed by atoms with Crippen LogP contribution in [-0.2, 0) is 4.84 Å². The van der Waals surface area contributed by atoms with E-state index in [2.05, 4.69) is 28.1 Å². The Bertz CT molecular complexity index is 599. The Morgan fingerprint density at radius 2 is 1.95 bits per heavy atom. The first-order valence-electron chi connectivity index (χ1n) is 5.98. The van der Waals surface area contributed by atoms with Crippen LogP contribution in [-0.4, -0.2) is 5.97 Å². The second-order valence-corrected chi connectivity index (χ2v) is 5.53. The molecule has 0 aliphatic rings. The van der Waals surface area contributed by atoms with Gasteiger partial charge in [0.05, 0.1) is 5.56 Å². The highest BCUT2D eigenvalue weighted by Crippen LogP contribution is 2.10.